The molecule has 5 rings (SSSR count). The van der Waals surface area contributed by atoms with E-state index in [0.717, 1.165) is 22.8 Å². The average molecular weight is 480 g/mol. The third-order valence-corrected chi connectivity index (χ3v) is 6.61. The maximum Gasteiger partial charge on any atom is 0.170 e. The highest BCUT2D eigenvalue weighted by molar-refractivity contribution is 7.80. The lowest BCUT2D eigenvalue weighted by molar-refractivity contribution is 0.269. The first-order valence-electron chi connectivity index (χ1n) is 10.2. The zero-order valence-corrected chi connectivity index (χ0v) is 19.2. The van der Waals surface area contributed by atoms with E-state index >= 15 is 0 Å². The number of halogens is 2. The minimum atomic E-state index is -0.158. The molecule has 1 aliphatic rings. The summed E-state index contributed by atoms with van der Waals surface area (Å²) >= 11 is 18.0. The van der Waals surface area contributed by atoms with Gasteiger partial charge >= 0.3 is 0 Å². The van der Waals surface area contributed by atoms with Gasteiger partial charge in [0.25, 0.3) is 0 Å². The van der Waals surface area contributed by atoms with E-state index in [9.17, 15) is 0 Å². The smallest absolute Gasteiger partial charge is 0.170 e. The summed E-state index contributed by atoms with van der Waals surface area (Å²) in [5.41, 5.74) is 2.94. The van der Waals surface area contributed by atoms with Crippen LogP contribution in [-0.2, 0) is 6.54 Å². The molecular weight excluding hydrogens is 461 g/mol. The molecule has 160 valence electrons. The van der Waals surface area contributed by atoms with Gasteiger partial charge in [-0.2, -0.15) is 0 Å². The number of rotatable bonds is 5. The van der Waals surface area contributed by atoms with Crippen molar-refractivity contribution in [1.82, 2.24) is 15.2 Å². The Hall–Kier alpha value is -2.86. The highest BCUT2D eigenvalue weighted by atomic mass is 35.5. The van der Waals surface area contributed by atoms with E-state index in [4.69, 9.17) is 39.8 Å². The number of furan rings is 1. The molecule has 0 spiro atoms. The molecule has 0 radical (unpaired) electrons. The van der Waals surface area contributed by atoms with Gasteiger partial charge in [-0.3, -0.25) is 4.98 Å². The van der Waals surface area contributed by atoms with E-state index in [-0.39, 0.29) is 12.1 Å². The Bertz CT molecular complexity index is 1250. The van der Waals surface area contributed by atoms with Crippen molar-refractivity contribution in [3.05, 3.63) is 112 Å². The molecule has 2 aromatic heterocycles. The summed E-state index contributed by atoms with van der Waals surface area (Å²) in [7, 11) is 0. The number of thiocarbonyl (C=S) groups is 1. The minimum Gasteiger partial charge on any atom is -0.459 e. The van der Waals surface area contributed by atoms with E-state index in [0.29, 0.717) is 21.7 Å². The molecule has 7 heteroatoms. The van der Waals surface area contributed by atoms with Gasteiger partial charge in [-0.1, -0.05) is 59.6 Å². The number of pyridine rings is 1. The van der Waals surface area contributed by atoms with Crippen molar-refractivity contribution < 1.29 is 4.42 Å². The van der Waals surface area contributed by atoms with Crippen LogP contribution in [0.15, 0.2) is 89.5 Å². The fourth-order valence-electron chi connectivity index (χ4n) is 3.98. The SMILES string of the molecule is S=C1N[C@H](c2ccccn2)[C@H](c2ccc(-c3ccc(Cl)c(Cl)c3)o2)N1Cc1ccccc1. The Morgan fingerprint density at radius 3 is 2.50 bits per heavy atom. The monoisotopic (exact) mass is 479 g/mol. The van der Waals surface area contributed by atoms with Gasteiger partial charge in [0, 0.05) is 18.3 Å². The lowest BCUT2D eigenvalue weighted by Gasteiger charge is -2.26. The third kappa shape index (κ3) is 4.11. The summed E-state index contributed by atoms with van der Waals surface area (Å²) in [6.45, 7) is 0.656. The van der Waals surface area contributed by atoms with Gasteiger partial charge in [-0.25, -0.2) is 0 Å². The summed E-state index contributed by atoms with van der Waals surface area (Å²) in [4.78, 5) is 6.73. The lowest BCUT2D eigenvalue weighted by Crippen LogP contribution is -2.29. The zero-order valence-electron chi connectivity index (χ0n) is 16.9. The summed E-state index contributed by atoms with van der Waals surface area (Å²) in [6, 6.07) is 25.3. The molecule has 1 N–H and O–H groups in total. The lowest BCUT2D eigenvalue weighted by atomic mass is 10.0. The highest BCUT2D eigenvalue weighted by Gasteiger charge is 2.41. The number of hydrogen-bond acceptors (Lipinski definition) is 3. The van der Waals surface area contributed by atoms with Gasteiger partial charge in [0.1, 0.15) is 17.6 Å². The van der Waals surface area contributed by atoms with Crippen LogP contribution in [0.25, 0.3) is 11.3 Å². The van der Waals surface area contributed by atoms with Crippen molar-refractivity contribution in [2.45, 2.75) is 18.6 Å². The quantitative estimate of drug-likeness (QED) is 0.318. The Morgan fingerprint density at radius 2 is 1.75 bits per heavy atom. The maximum absolute atomic E-state index is 6.35. The molecule has 0 amide bonds. The topological polar surface area (TPSA) is 41.3 Å². The molecule has 0 aliphatic carbocycles. The number of benzene rings is 2. The maximum atomic E-state index is 6.35. The molecule has 3 heterocycles. The molecule has 32 heavy (non-hydrogen) atoms. The Kier molecular flexibility index (Phi) is 5.87. The van der Waals surface area contributed by atoms with Crippen LogP contribution in [0.5, 0.6) is 0 Å². The fourth-order valence-corrected chi connectivity index (χ4v) is 4.58. The van der Waals surface area contributed by atoms with Crippen molar-refractivity contribution in [2.75, 3.05) is 0 Å². The Balaban J connectivity index is 1.54. The second-order valence-electron chi connectivity index (χ2n) is 7.57. The van der Waals surface area contributed by atoms with Gasteiger partial charge in [0.05, 0.1) is 21.8 Å². The predicted octanol–water partition coefficient (Wildman–Crippen LogP) is 6.82. The molecule has 1 saturated heterocycles. The molecule has 1 aliphatic heterocycles. The van der Waals surface area contributed by atoms with Crippen LogP contribution in [-0.4, -0.2) is 15.0 Å². The van der Waals surface area contributed by atoms with Gasteiger partial charge < -0.3 is 14.6 Å². The largest absolute Gasteiger partial charge is 0.459 e. The first-order valence-corrected chi connectivity index (χ1v) is 11.3. The third-order valence-electron chi connectivity index (χ3n) is 5.52. The van der Waals surface area contributed by atoms with Crippen LogP contribution < -0.4 is 5.32 Å². The molecular formula is C25H19Cl2N3OS. The van der Waals surface area contributed by atoms with Gasteiger partial charge in [0.2, 0.25) is 0 Å². The minimum absolute atomic E-state index is 0.139. The van der Waals surface area contributed by atoms with Crippen LogP contribution in [0.3, 0.4) is 0 Å². The number of nitrogens with one attached hydrogen (secondary N) is 1. The molecule has 2 aromatic carbocycles. The van der Waals surface area contributed by atoms with Gasteiger partial charge in [-0.15, -0.1) is 0 Å². The summed E-state index contributed by atoms with van der Waals surface area (Å²) < 4.78 is 6.35. The molecule has 0 saturated carbocycles. The van der Waals surface area contributed by atoms with E-state index in [1.807, 2.05) is 60.7 Å². The zero-order chi connectivity index (χ0) is 22.1. The van der Waals surface area contributed by atoms with E-state index in [1.165, 1.54) is 5.56 Å². The second-order valence-corrected chi connectivity index (χ2v) is 8.77. The molecule has 0 unspecified atom stereocenters. The molecule has 2 atom stereocenters. The number of hydrogen-bond donors (Lipinski definition) is 1. The van der Waals surface area contributed by atoms with Gasteiger partial charge in [0.15, 0.2) is 5.11 Å². The normalized spacial score (nSPS) is 18.1. The highest BCUT2D eigenvalue weighted by Crippen LogP contribution is 2.41. The fraction of sp³-hybridized carbons (Fsp3) is 0.120. The number of nitrogens with zero attached hydrogens (tertiary/aromatic N) is 2. The molecule has 4 nitrogen and oxygen atoms in total. The van der Waals surface area contributed by atoms with Gasteiger partial charge in [-0.05, 0) is 60.2 Å². The van der Waals surface area contributed by atoms with Crippen molar-refractivity contribution in [2.24, 2.45) is 0 Å². The molecule has 1 fully saturated rings. The summed E-state index contributed by atoms with van der Waals surface area (Å²) in [6.07, 6.45) is 1.79. The predicted molar refractivity (Wildman–Crippen MR) is 132 cm³/mol. The van der Waals surface area contributed by atoms with Crippen LogP contribution >= 0.6 is 35.4 Å². The van der Waals surface area contributed by atoms with E-state index in [2.05, 4.69) is 27.3 Å². The standard InChI is InChI=1S/C25H19Cl2N3OS/c26-18-10-9-17(14-19(18)27)21-11-12-22(31-21)24-23(20-8-4-5-13-28-20)29-25(32)30(24)15-16-6-2-1-3-7-16/h1-14,23-24H,15H2,(H,29,32)/t23-,24+/m1/s1. The summed E-state index contributed by atoms with van der Waals surface area (Å²) in [5.74, 6) is 1.51. The van der Waals surface area contributed by atoms with Crippen LogP contribution in [0, 0.1) is 0 Å². The molecule has 0 bridgehead atoms. The van der Waals surface area contributed by atoms with Crippen molar-refractivity contribution in [3.8, 4) is 11.3 Å². The van der Waals surface area contributed by atoms with E-state index in [1.54, 1.807) is 12.3 Å². The average Bonchev–Trinajstić information content (AvgIpc) is 3.42. The Labute approximate surface area is 201 Å². The van der Waals surface area contributed by atoms with Crippen LogP contribution in [0.2, 0.25) is 10.0 Å². The van der Waals surface area contributed by atoms with Crippen LogP contribution in [0.1, 0.15) is 29.1 Å². The van der Waals surface area contributed by atoms with Crippen molar-refractivity contribution in [1.29, 1.82) is 0 Å². The van der Waals surface area contributed by atoms with Crippen molar-refractivity contribution >= 4 is 40.5 Å². The Morgan fingerprint density at radius 1 is 0.938 bits per heavy atom. The van der Waals surface area contributed by atoms with Crippen LogP contribution in [0.4, 0.5) is 0 Å². The van der Waals surface area contributed by atoms with Crippen molar-refractivity contribution in [3.63, 3.8) is 0 Å². The first kappa shape index (κ1) is 21.0. The first-order chi connectivity index (χ1) is 15.6. The second kappa shape index (κ2) is 8.94. The summed E-state index contributed by atoms with van der Waals surface area (Å²) in [5, 5.41) is 5.12. The number of aromatic nitrogens is 1. The molecule has 4 aromatic rings. The van der Waals surface area contributed by atoms with E-state index < -0.39 is 0 Å².